The second-order valence-electron chi connectivity index (χ2n) is 4.26. The standard InChI is InChI=1S/C14H8N2O4/c17-13-11-7-6-10(16(19)20)8-12(11)15(14(13)18)9-4-2-1-3-5-9/h1-8H. The number of anilines is 2. The van der Waals surface area contributed by atoms with Crippen LogP contribution in [0.15, 0.2) is 48.5 Å². The van der Waals surface area contributed by atoms with Crippen LogP contribution < -0.4 is 4.90 Å². The number of nitro benzene ring substituents is 1. The first-order valence-corrected chi connectivity index (χ1v) is 5.82. The molecule has 0 saturated heterocycles. The van der Waals surface area contributed by atoms with E-state index in [-0.39, 0.29) is 16.9 Å². The van der Waals surface area contributed by atoms with E-state index >= 15 is 0 Å². The van der Waals surface area contributed by atoms with Gasteiger partial charge in [0.25, 0.3) is 11.5 Å². The summed E-state index contributed by atoms with van der Waals surface area (Å²) in [7, 11) is 0. The molecule has 0 fully saturated rings. The highest BCUT2D eigenvalue weighted by molar-refractivity contribution is 6.53. The predicted molar refractivity (Wildman–Crippen MR) is 71.0 cm³/mol. The van der Waals surface area contributed by atoms with Crippen LogP contribution in [0.1, 0.15) is 10.4 Å². The Kier molecular flexibility index (Phi) is 2.57. The van der Waals surface area contributed by atoms with Gasteiger partial charge in [-0.15, -0.1) is 0 Å². The Bertz CT molecular complexity index is 740. The van der Waals surface area contributed by atoms with E-state index in [0.717, 1.165) is 0 Å². The maximum atomic E-state index is 12.1. The monoisotopic (exact) mass is 268 g/mol. The molecular weight excluding hydrogens is 260 g/mol. The number of hydrogen-bond donors (Lipinski definition) is 0. The van der Waals surface area contributed by atoms with Crippen LogP contribution in [-0.4, -0.2) is 16.6 Å². The third kappa shape index (κ3) is 1.66. The van der Waals surface area contributed by atoms with Gasteiger partial charge in [-0.05, 0) is 18.2 Å². The number of carbonyl (C=O) groups excluding carboxylic acids is 2. The van der Waals surface area contributed by atoms with Gasteiger partial charge in [-0.25, -0.2) is 0 Å². The second kappa shape index (κ2) is 4.27. The molecule has 0 radical (unpaired) electrons. The van der Waals surface area contributed by atoms with Crippen molar-refractivity contribution >= 4 is 28.8 Å². The minimum atomic E-state index is -0.702. The van der Waals surface area contributed by atoms with Crippen LogP contribution in [0.4, 0.5) is 17.1 Å². The molecule has 0 unspecified atom stereocenters. The summed E-state index contributed by atoms with van der Waals surface area (Å²) in [6.07, 6.45) is 0. The molecule has 20 heavy (non-hydrogen) atoms. The van der Waals surface area contributed by atoms with Gasteiger partial charge < -0.3 is 0 Å². The highest BCUT2D eigenvalue weighted by Crippen LogP contribution is 2.37. The molecule has 0 bridgehead atoms. The van der Waals surface area contributed by atoms with E-state index in [4.69, 9.17) is 0 Å². The Morgan fingerprint density at radius 3 is 2.35 bits per heavy atom. The lowest BCUT2D eigenvalue weighted by molar-refractivity contribution is -0.384. The van der Waals surface area contributed by atoms with Crippen molar-refractivity contribution in [2.24, 2.45) is 0 Å². The molecule has 98 valence electrons. The maximum absolute atomic E-state index is 12.1. The number of nitrogens with zero attached hydrogens (tertiary/aromatic N) is 2. The molecule has 1 heterocycles. The summed E-state index contributed by atoms with van der Waals surface area (Å²) in [5.74, 6) is -1.36. The number of non-ortho nitro benzene ring substituents is 1. The number of ketones is 1. The van der Waals surface area contributed by atoms with Gasteiger partial charge in [-0.1, -0.05) is 18.2 Å². The van der Waals surface area contributed by atoms with Crippen LogP contribution >= 0.6 is 0 Å². The molecule has 0 atom stereocenters. The fourth-order valence-corrected chi connectivity index (χ4v) is 2.17. The van der Waals surface area contributed by atoms with E-state index in [1.807, 2.05) is 0 Å². The quantitative estimate of drug-likeness (QED) is 0.476. The molecule has 2 aromatic carbocycles. The van der Waals surface area contributed by atoms with Crippen molar-refractivity contribution in [3.05, 3.63) is 64.2 Å². The summed E-state index contributed by atoms with van der Waals surface area (Å²) < 4.78 is 0. The molecule has 1 amide bonds. The van der Waals surface area contributed by atoms with Crippen molar-refractivity contribution in [1.82, 2.24) is 0 Å². The molecule has 1 aliphatic rings. The summed E-state index contributed by atoms with van der Waals surface area (Å²) >= 11 is 0. The summed E-state index contributed by atoms with van der Waals surface area (Å²) in [4.78, 5) is 35.4. The third-order valence-corrected chi connectivity index (χ3v) is 3.09. The molecule has 0 aromatic heterocycles. The van der Waals surface area contributed by atoms with Crippen molar-refractivity contribution in [3.63, 3.8) is 0 Å². The van der Waals surface area contributed by atoms with Gasteiger partial charge >= 0.3 is 5.91 Å². The zero-order valence-corrected chi connectivity index (χ0v) is 10.1. The Balaban J connectivity index is 2.20. The van der Waals surface area contributed by atoms with Crippen LogP contribution in [0.5, 0.6) is 0 Å². The second-order valence-corrected chi connectivity index (χ2v) is 4.26. The van der Waals surface area contributed by atoms with Crippen molar-refractivity contribution in [1.29, 1.82) is 0 Å². The van der Waals surface area contributed by atoms with Crippen LogP contribution in [0.2, 0.25) is 0 Å². The molecule has 2 aromatic rings. The van der Waals surface area contributed by atoms with Crippen molar-refractivity contribution < 1.29 is 14.5 Å². The van der Waals surface area contributed by atoms with Crippen LogP contribution in [0.3, 0.4) is 0 Å². The molecule has 6 heteroatoms. The molecular formula is C14H8N2O4. The maximum Gasteiger partial charge on any atom is 0.304 e. The van der Waals surface area contributed by atoms with Gasteiger partial charge in [0.15, 0.2) is 0 Å². The van der Waals surface area contributed by atoms with Crippen molar-refractivity contribution in [2.45, 2.75) is 0 Å². The van der Waals surface area contributed by atoms with E-state index < -0.39 is 16.6 Å². The number of benzene rings is 2. The fourth-order valence-electron chi connectivity index (χ4n) is 2.17. The van der Waals surface area contributed by atoms with E-state index in [2.05, 4.69) is 0 Å². The van der Waals surface area contributed by atoms with Crippen molar-refractivity contribution in [3.8, 4) is 0 Å². The van der Waals surface area contributed by atoms with Gasteiger partial charge in [0, 0.05) is 17.8 Å². The lowest BCUT2D eigenvalue weighted by Gasteiger charge is -2.15. The van der Waals surface area contributed by atoms with Crippen molar-refractivity contribution in [2.75, 3.05) is 4.90 Å². The SMILES string of the molecule is O=C1C(=O)N(c2ccccc2)c2cc([N+](=O)[O-])ccc21. The van der Waals surface area contributed by atoms with E-state index in [1.165, 1.54) is 23.1 Å². The first-order valence-electron chi connectivity index (χ1n) is 5.82. The van der Waals surface area contributed by atoms with E-state index in [9.17, 15) is 19.7 Å². The molecule has 0 saturated carbocycles. The van der Waals surface area contributed by atoms with Gasteiger partial charge in [0.1, 0.15) is 0 Å². The summed E-state index contributed by atoms with van der Waals surface area (Å²) in [6.45, 7) is 0. The highest BCUT2D eigenvalue weighted by Gasteiger charge is 2.37. The zero-order valence-electron chi connectivity index (χ0n) is 10.1. The molecule has 6 nitrogen and oxygen atoms in total. The zero-order chi connectivity index (χ0) is 14.3. The van der Waals surface area contributed by atoms with Crippen LogP contribution in [0.25, 0.3) is 0 Å². The van der Waals surface area contributed by atoms with Gasteiger partial charge in [-0.3, -0.25) is 24.6 Å². The number of fused-ring (bicyclic) bond motifs is 1. The summed E-state index contributed by atoms with van der Waals surface area (Å²) in [6, 6.07) is 12.3. The predicted octanol–water partition coefficient (Wildman–Crippen LogP) is 2.46. The Morgan fingerprint density at radius 1 is 1.00 bits per heavy atom. The van der Waals surface area contributed by atoms with Gasteiger partial charge in [0.05, 0.1) is 16.2 Å². The molecule has 0 aliphatic carbocycles. The molecule has 0 N–H and O–H groups in total. The topological polar surface area (TPSA) is 80.5 Å². The Labute approximate surface area is 113 Å². The number of rotatable bonds is 2. The average Bonchev–Trinajstić information content (AvgIpc) is 2.71. The third-order valence-electron chi connectivity index (χ3n) is 3.09. The van der Waals surface area contributed by atoms with Gasteiger partial charge in [-0.2, -0.15) is 0 Å². The van der Waals surface area contributed by atoms with E-state index in [0.29, 0.717) is 5.69 Å². The van der Waals surface area contributed by atoms with Crippen LogP contribution in [-0.2, 0) is 4.79 Å². The molecule has 3 rings (SSSR count). The van der Waals surface area contributed by atoms with E-state index in [1.54, 1.807) is 30.3 Å². The average molecular weight is 268 g/mol. The van der Waals surface area contributed by atoms with Gasteiger partial charge in [0.2, 0.25) is 0 Å². The minimum absolute atomic E-state index is 0.160. The Morgan fingerprint density at radius 2 is 1.70 bits per heavy atom. The lowest BCUT2D eigenvalue weighted by Crippen LogP contribution is -2.24. The summed E-state index contributed by atoms with van der Waals surface area (Å²) in [5, 5.41) is 10.8. The fraction of sp³-hybridized carbons (Fsp3) is 0. The largest absolute Gasteiger partial charge is 0.304 e. The smallest absolute Gasteiger partial charge is 0.283 e. The normalized spacial score (nSPS) is 13.5. The highest BCUT2D eigenvalue weighted by atomic mass is 16.6. The number of carbonyl (C=O) groups is 2. The summed E-state index contributed by atoms with van der Waals surface area (Å²) in [5.41, 5.74) is 0.780. The molecule has 1 aliphatic heterocycles. The minimum Gasteiger partial charge on any atom is -0.283 e. The number of nitro groups is 1. The number of hydrogen-bond acceptors (Lipinski definition) is 4. The number of para-hydroxylation sites is 1. The first kappa shape index (κ1) is 12.0. The number of amides is 1. The van der Waals surface area contributed by atoms with Crippen LogP contribution in [0, 0.1) is 10.1 Å². The first-order chi connectivity index (χ1) is 9.59. The Hall–Kier alpha value is -3.02. The number of Topliss-reactive ketones (excluding diaryl/α,β-unsaturated/α-hetero) is 1. The molecule has 0 spiro atoms. The lowest BCUT2D eigenvalue weighted by atomic mass is 10.1.